The highest BCUT2D eigenvalue weighted by molar-refractivity contribution is 6.31. The van der Waals surface area contributed by atoms with Gasteiger partial charge in [0.05, 0.1) is 11.6 Å². The molecule has 3 nitrogen and oxygen atoms in total. The number of hydrogen-bond acceptors (Lipinski definition) is 3. The molecule has 0 aliphatic rings. The maximum atomic E-state index is 8.76. The van der Waals surface area contributed by atoms with Crippen LogP contribution in [0.25, 0.3) is 0 Å². The SMILES string of the molecule is CNc1ccc(OCc2ccc(C#N)cc2Cl)cc1. The Bertz CT molecular complexity index is 603. The zero-order chi connectivity index (χ0) is 13.7. The molecule has 0 amide bonds. The van der Waals surface area contributed by atoms with Crippen molar-refractivity contribution >= 4 is 17.3 Å². The molecular formula is C15H13ClN2O. The van der Waals surface area contributed by atoms with Gasteiger partial charge >= 0.3 is 0 Å². The van der Waals surface area contributed by atoms with E-state index in [1.165, 1.54) is 0 Å². The highest BCUT2D eigenvalue weighted by Crippen LogP contribution is 2.21. The Morgan fingerprint density at radius 1 is 1.21 bits per heavy atom. The molecule has 0 fully saturated rings. The minimum atomic E-state index is 0.378. The van der Waals surface area contributed by atoms with E-state index in [2.05, 4.69) is 5.32 Å². The first-order valence-corrected chi connectivity index (χ1v) is 6.20. The van der Waals surface area contributed by atoms with Gasteiger partial charge in [0.15, 0.2) is 0 Å². The van der Waals surface area contributed by atoms with Gasteiger partial charge in [0.1, 0.15) is 12.4 Å². The molecule has 0 saturated heterocycles. The lowest BCUT2D eigenvalue weighted by Crippen LogP contribution is -1.97. The van der Waals surface area contributed by atoms with Crippen molar-refractivity contribution in [1.82, 2.24) is 0 Å². The molecule has 4 heteroatoms. The van der Waals surface area contributed by atoms with Gasteiger partial charge in [-0.3, -0.25) is 0 Å². The largest absolute Gasteiger partial charge is 0.489 e. The zero-order valence-electron chi connectivity index (χ0n) is 10.5. The van der Waals surface area contributed by atoms with Crippen LogP contribution in [0.3, 0.4) is 0 Å². The Labute approximate surface area is 117 Å². The molecule has 2 aromatic carbocycles. The van der Waals surface area contributed by atoms with E-state index in [1.54, 1.807) is 12.1 Å². The van der Waals surface area contributed by atoms with Crippen LogP contribution in [0.5, 0.6) is 5.75 Å². The number of hydrogen-bond donors (Lipinski definition) is 1. The van der Waals surface area contributed by atoms with E-state index >= 15 is 0 Å². The molecule has 2 aromatic rings. The van der Waals surface area contributed by atoms with E-state index in [1.807, 2.05) is 43.4 Å². The summed E-state index contributed by atoms with van der Waals surface area (Å²) in [6.45, 7) is 0.378. The van der Waals surface area contributed by atoms with Crippen molar-refractivity contribution in [3.63, 3.8) is 0 Å². The molecule has 0 bridgehead atoms. The average Bonchev–Trinajstić information content (AvgIpc) is 2.46. The fourth-order valence-electron chi connectivity index (χ4n) is 1.61. The van der Waals surface area contributed by atoms with Gasteiger partial charge in [-0.05, 0) is 36.4 Å². The number of rotatable bonds is 4. The maximum Gasteiger partial charge on any atom is 0.119 e. The van der Waals surface area contributed by atoms with Crippen molar-refractivity contribution in [3.8, 4) is 11.8 Å². The van der Waals surface area contributed by atoms with Crippen LogP contribution in [-0.2, 0) is 6.61 Å². The van der Waals surface area contributed by atoms with Crippen LogP contribution in [0.4, 0.5) is 5.69 Å². The van der Waals surface area contributed by atoms with Crippen molar-refractivity contribution in [2.45, 2.75) is 6.61 Å². The Kier molecular flexibility index (Phi) is 4.27. The molecule has 1 N–H and O–H groups in total. The van der Waals surface area contributed by atoms with Crippen LogP contribution in [-0.4, -0.2) is 7.05 Å². The quantitative estimate of drug-likeness (QED) is 0.920. The molecule has 96 valence electrons. The first-order valence-electron chi connectivity index (χ1n) is 5.82. The normalized spacial score (nSPS) is 9.74. The van der Waals surface area contributed by atoms with Crippen LogP contribution in [0.1, 0.15) is 11.1 Å². The van der Waals surface area contributed by atoms with E-state index in [0.29, 0.717) is 17.2 Å². The lowest BCUT2D eigenvalue weighted by Gasteiger charge is -2.08. The first kappa shape index (κ1) is 13.3. The maximum absolute atomic E-state index is 8.76. The second kappa shape index (κ2) is 6.12. The van der Waals surface area contributed by atoms with E-state index in [-0.39, 0.29) is 0 Å². The van der Waals surface area contributed by atoms with Crippen LogP contribution in [0, 0.1) is 11.3 Å². The van der Waals surface area contributed by atoms with E-state index < -0.39 is 0 Å². The lowest BCUT2D eigenvalue weighted by atomic mass is 10.1. The molecule has 0 aliphatic carbocycles. The summed E-state index contributed by atoms with van der Waals surface area (Å²) in [6.07, 6.45) is 0. The summed E-state index contributed by atoms with van der Waals surface area (Å²) in [4.78, 5) is 0. The molecule has 0 aromatic heterocycles. The number of anilines is 1. The third-order valence-corrected chi connectivity index (χ3v) is 3.07. The number of ether oxygens (including phenoxy) is 1. The summed E-state index contributed by atoms with van der Waals surface area (Å²) >= 11 is 6.08. The van der Waals surface area contributed by atoms with Gasteiger partial charge in [-0.1, -0.05) is 17.7 Å². The summed E-state index contributed by atoms with van der Waals surface area (Å²) in [6, 6.07) is 14.9. The standard InChI is InChI=1S/C15H13ClN2O/c1-18-13-4-6-14(7-5-13)19-10-12-3-2-11(9-17)8-15(12)16/h2-8,18H,10H2,1H3. The van der Waals surface area contributed by atoms with Crippen LogP contribution >= 0.6 is 11.6 Å². The molecule has 0 heterocycles. The predicted molar refractivity (Wildman–Crippen MR) is 76.5 cm³/mol. The minimum Gasteiger partial charge on any atom is -0.489 e. The summed E-state index contributed by atoms with van der Waals surface area (Å²) in [7, 11) is 1.87. The minimum absolute atomic E-state index is 0.378. The highest BCUT2D eigenvalue weighted by atomic mass is 35.5. The topological polar surface area (TPSA) is 45.0 Å². The number of halogens is 1. The third-order valence-electron chi connectivity index (χ3n) is 2.72. The van der Waals surface area contributed by atoms with Crippen LogP contribution in [0.2, 0.25) is 5.02 Å². The van der Waals surface area contributed by atoms with Crippen molar-refractivity contribution in [2.24, 2.45) is 0 Å². The molecule has 0 radical (unpaired) electrons. The number of nitriles is 1. The van der Waals surface area contributed by atoms with Gasteiger partial charge in [0.25, 0.3) is 0 Å². The predicted octanol–water partition coefficient (Wildman–Crippen LogP) is 3.83. The molecule has 0 aliphatic heterocycles. The van der Waals surface area contributed by atoms with Crippen molar-refractivity contribution in [3.05, 3.63) is 58.6 Å². The Morgan fingerprint density at radius 2 is 1.95 bits per heavy atom. The van der Waals surface area contributed by atoms with Crippen molar-refractivity contribution < 1.29 is 4.74 Å². The Hall–Kier alpha value is -2.18. The van der Waals surface area contributed by atoms with Gasteiger partial charge in [-0.15, -0.1) is 0 Å². The second-order valence-electron chi connectivity index (χ2n) is 3.98. The molecule has 0 saturated carbocycles. The van der Waals surface area contributed by atoms with Gasteiger partial charge < -0.3 is 10.1 Å². The van der Waals surface area contributed by atoms with Gasteiger partial charge in [-0.2, -0.15) is 5.26 Å². The molecule has 0 spiro atoms. The number of benzene rings is 2. The molecule has 0 unspecified atom stereocenters. The van der Waals surface area contributed by atoms with Crippen LogP contribution in [0.15, 0.2) is 42.5 Å². The van der Waals surface area contributed by atoms with Gasteiger partial charge in [0.2, 0.25) is 0 Å². The Balaban J connectivity index is 2.04. The van der Waals surface area contributed by atoms with E-state index in [4.69, 9.17) is 21.6 Å². The van der Waals surface area contributed by atoms with Gasteiger partial charge in [-0.25, -0.2) is 0 Å². The molecular weight excluding hydrogens is 260 g/mol. The van der Waals surface area contributed by atoms with E-state index in [9.17, 15) is 0 Å². The fourth-order valence-corrected chi connectivity index (χ4v) is 1.85. The van der Waals surface area contributed by atoms with Crippen LogP contribution < -0.4 is 10.1 Å². The van der Waals surface area contributed by atoms with E-state index in [0.717, 1.165) is 17.0 Å². The second-order valence-corrected chi connectivity index (χ2v) is 4.39. The summed E-state index contributed by atoms with van der Waals surface area (Å²) in [5.41, 5.74) is 2.44. The number of nitrogens with zero attached hydrogens (tertiary/aromatic N) is 1. The fraction of sp³-hybridized carbons (Fsp3) is 0.133. The third kappa shape index (κ3) is 3.40. The first-order chi connectivity index (χ1) is 9.22. The van der Waals surface area contributed by atoms with Gasteiger partial charge in [0, 0.05) is 23.3 Å². The monoisotopic (exact) mass is 272 g/mol. The molecule has 2 rings (SSSR count). The van der Waals surface area contributed by atoms with Crippen molar-refractivity contribution in [1.29, 1.82) is 5.26 Å². The van der Waals surface area contributed by atoms with Crippen molar-refractivity contribution in [2.75, 3.05) is 12.4 Å². The summed E-state index contributed by atoms with van der Waals surface area (Å²) in [5, 5.41) is 12.4. The summed E-state index contributed by atoms with van der Waals surface area (Å²) < 4.78 is 5.65. The zero-order valence-corrected chi connectivity index (χ0v) is 11.2. The lowest BCUT2D eigenvalue weighted by molar-refractivity contribution is 0.306. The Morgan fingerprint density at radius 3 is 2.53 bits per heavy atom. The molecule has 0 atom stereocenters. The highest BCUT2D eigenvalue weighted by Gasteiger charge is 2.03. The smallest absolute Gasteiger partial charge is 0.119 e. The number of nitrogens with one attached hydrogen (secondary N) is 1. The summed E-state index contributed by atoms with van der Waals surface area (Å²) in [5.74, 6) is 0.777. The molecule has 19 heavy (non-hydrogen) atoms. The average molecular weight is 273 g/mol.